The first-order chi connectivity index (χ1) is 34.7. The van der Waals surface area contributed by atoms with Gasteiger partial charge >= 0.3 is 0 Å². The van der Waals surface area contributed by atoms with Crippen LogP contribution in [0.15, 0.2) is 253 Å². The molecule has 13 rings (SSSR count). The Bertz CT molecular complexity index is 3810. The van der Waals surface area contributed by atoms with Crippen LogP contribution < -0.4 is 0 Å². The predicted octanol–water partition coefficient (Wildman–Crippen LogP) is 18.0. The molecule has 0 fully saturated rings. The van der Waals surface area contributed by atoms with Crippen molar-refractivity contribution in [1.82, 2.24) is 15.0 Å². The average Bonchev–Trinajstić information content (AvgIpc) is 4.06. The van der Waals surface area contributed by atoms with E-state index < -0.39 is 0 Å². The van der Waals surface area contributed by atoms with Crippen molar-refractivity contribution in [3.63, 3.8) is 0 Å². The minimum Gasteiger partial charge on any atom is -0.456 e. The SMILES string of the molecule is c1ccc(-c2ccc(-c3ccc(-c4ccc(-c5ccc(-c6ccc(-c7ccccc7)nc6-c6ccccc6)cc5)c5sc(-c6ccc7oc8ccccc8c7c6)nc45)cc3)c(-c3ccccc3)n2)cc1. The Labute approximate surface area is 409 Å². The van der Waals surface area contributed by atoms with E-state index in [1.54, 1.807) is 11.3 Å². The summed E-state index contributed by atoms with van der Waals surface area (Å²) in [6.07, 6.45) is 0. The molecule has 0 aliphatic rings. The van der Waals surface area contributed by atoms with Gasteiger partial charge < -0.3 is 4.42 Å². The van der Waals surface area contributed by atoms with Crippen LogP contribution in [0.4, 0.5) is 0 Å². The summed E-state index contributed by atoms with van der Waals surface area (Å²) in [5.41, 5.74) is 20.7. The van der Waals surface area contributed by atoms with Crippen molar-refractivity contribution in [3.05, 3.63) is 249 Å². The number of pyridine rings is 2. The van der Waals surface area contributed by atoms with Gasteiger partial charge in [0.25, 0.3) is 0 Å². The number of benzene rings is 9. The van der Waals surface area contributed by atoms with Crippen LogP contribution in [0.2, 0.25) is 0 Å². The molecule has 0 saturated carbocycles. The van der Waals surface area contributed by atoms with Gasteiger partial charge in [0.1, 0.15) is 16.2 Å². The van der Waals surface area contributed by atoms with Crippen molar-refractivity contribution in [1.29, 1.82) is 0 Å². The van der Waals surface area contributed by atoms with Gasteiger partial charge in [-0.25, -0.2) is 15.0 Å². The van der Waals surface area contributed by atoms with E-state index in [0.29, 0.717) is 0 Å². The highest BCUT2D eigenvalue weighted by molar-refractivity contribution is 7.22. The molecule has 5 heteroatoms. The summed E-state index contributed by atoms with van der Waals surface area (Å²) in [4.78, 5) is 16.0. The summed E-state index contributed by atoms with van der Waals surface area (Å²) in [6.45, 7) is 0. The highest BCUT2D eigenvalue weighted by atomic mass is 32.1. The second-order valence-electron chi connectivity index (χ2n) is 17.5. The number of furan rings is 1. The van der Waals surface area contributed by atoms with Gasteiger partial charge in [0.05, 0.1) is 33.0 Å². The molecule has 0 spiro atoms. The van der Waals surface area contributed by atoms with E-state index in [0.717, 1.165) is 132 Å². The summed E-state index contributed by atoms with van der Waals surface area (Å²) in [5, 5.41) is 3.14. The van der Waals surface area contributed by atoms with E-state index in [-0.39, 0.29) is 0 Å². The summed E-state index contributed by atoms with van der Waals surface area (Å²) < 4.78 is 7.36. The molecule has 0 N–H and O–H groups in total. The van der Waals surface area contributed by atoms with Crippen molar-refractivity contribution >= 4 is 43.5 Å². The van der Waals surface area contributed by atoms with Crippen molar-refractivity contribution in [2.45, 2.75) is 0 Å². The Morgan fingerprint density at radius 3 is 1.24 bits per heavy atom. The van der Waals surface area contributed by atoms with Crippen molar-refractivity contribution < 1.29 is 4.42 Å². The number of hydrogen-bond acceptors (Lipinski definition) is 5. The van der Waals surface area contributed by atoms with Crippen LogP contribution in [0.5, 0.6) is 0 Å². The zero-order valence-electron chi connectivity index (χ0n) is 37.8. The maximum Gasteiger partial charge on any atom is 0.135 e. The van der Waals surface area contributed by atoms with Crippen LogP contribution >= 0.6 is 11.3 Å². The fraction of sp³-hybridized carbons (Fsp3) is 0. The number of fused-ring (bicyclic) bond motifs is 4. The minimum absolute atomic E-state index is 0.869. The first kappa shape index (κ1) is 41.2. The second kappa shape index (κ2) is 17.6. The van der Waals surface area contributed by atoms with Crippen LogP contribution in [0.1, 0.15) is 0 Å². The fourth-order valence-corrected chi connectivity index (χ4v) is 10.8. The summed E-state index contributed by atoms with van der Waals surface area (Å²) >= 11 is 1.74. The maximum absolute atomic E-state index is 6.23. The third-order valence-electron chi connectivity index (χ3n) is 13.2. The number of aromatic nitrogens is 3. The highest BCUT2D eigenvalue weighted by Gasteiger charge is 2.20. The van der Waals surface area contributed by atoms with Crippen LogP contribution in [0.25, 0.3) is 132 Å². The minimum atomic E-state index is 0.869. The molecule has 0 aliphatic heterocycles. The molecule has 4 aromatic heterocycles. The zero-order chi connectivity index (χ0) is 46.4. The summed E-state index contributed by atoms with van der Waals surface area (Å²) in [7, 11) is 0. The number of para-hydroxylation sites is 1. The van der Waals surface area contributed by atoms with Gasteiger partial charge in [0.2, 0.25) is 0 Å². The van der Waals surface area contributed by atoms with E-state index in [2.05, 4.69) is 212 Å². The number of hydrogen-bond donors (Lipinski definition) is 0. The van der Waals surface area contributed by atoms with Gasteiger partial charge in [-0.2, -0.15) is 0 Å². The molecule has 0 radical (unpaired) electrons. The van der Waals surface area contributed by atoms with Crippen LogP contribution in [-0.2, 0) is 0 Å². The molecule has 13 aromatic rings. The molecule has 4 nitrogen and oxygen atoms in total. The summed E-state index contributed by atoms with van der Waals surface area (Å²) in [6, 6.07) is 87.3. The number of nitrogens with zero attached hydrogens (tertiary/aromatic N) is 3. The maximum atomic E-state index is 6.23. The molecular formula is C65H41N3OS. The topological polar surface area (TPSA) is 51.8 Å². The van der Waals surface area contributed by atoms with Crippen molar-refractivity contribution in [2.24, 2.45) is 0 Å². The molecule has 0 atom stereocenters. The second-order valence-corrected chi connectivity index (χ2v) is 18.5. The van der Waals surface area contributed by atoms with Gasteiger partial charge in [0.15, 0.2) is 0 Å². The van der Waals surface area contributed by atoms with E-state index in [1.165, 1.54) is 0 Å². The van der Waals surface area contributed by atoms with E-state index in [4.69, 9.17) is 19.4 Å². The molecule has 4 heterocycles. The molecule has 0 amide bonds. The van der Waals surface area contributed by atoms with E-state index in [9.17, 15) is 0 Å². The standard InChI is InChI=1S/C65H41N3OS/c1-5-15-46(16-6-1)57-38-36-51(61(66-57)48-19-9-3-10-20-48)42-25-27-44(28-26-42)53-34-35-54(64-63(53)68-65(70-64)50-33-40-60-56(41-50)55-23-13-14-24-59(55)69-60)45-31-29-43(30-32-45)52-37-39-58(47-17-7-2-8-18-47)67-62(52)49-21-11-4-12-22-49/h1-41H. The first-order valence-electron chi connectivity index (χ1n) is 23.5. The normalized spacial score (nSPS) is 11.4. The molecule has 0 saturated heterocycles. The van der Waals surface area contributed by atoms with Gasteiger partial charge in [0, 0.05) is 60.8 Å². The third-order valence-corrected chi connectivity index (χ3v) is 14.3. The van der Waals surface area contributed by atoms with Gasteiger partial charge in [-0.05, 0) is 58.7 Å². The largest absolute Gasteiger partial charge is 0.456 e. The Morgan fingerprint density at radius 1 is 0.286 bits per heavy atom. The average molecular weight is 912 g/mol. The number of rotatable bonds is 9. The van der Waals surface area contributed by atoms with Crippen LogP contribution in [0.3, 0.4) is 0 Å². The van der Waals surface area contributed by atoms with Gasteiger partial charge in [-0.15, -0.1) is 11.3 Å². The smallest absolute Gasteiger partial charge is 0.135 e. The lowest BCUT2D eigenvalue weighted by atomic mass is 9.94. The quantitative estimate of drug-likeness (QED) is 0.145. The zero-order valence-corrected chi connectivity index (χ0v) is 38.6. The van der Waals surface area contributed by atoms with Gasteiger partial charge in [-0.1, -0.05) is 212 Å². The highest BCUT2D eigenvalue weighted by Crippen LogP contribution is 2.44. The lowest BCUT2D eigenvalue weighted by molar-refractivity contribution is 0.669. The lowest BCUT2D eigenvalue weighted by Crippen LogP contribution is -1.93. The molecule has 70 heavy (non-hydrogen) atoms. The van der Waals surface area contributed by atoms with E-state index >= 15 is 0 Å². The fourth-order valence-electron chi connectivity index (χ4n) is 9.66. The molecule has 0 bridgehead atoms. The Kier molecular flexibility index (Phi) is 10.3. The lowest BCUT2D eigenvalue weighted by Gasteiger charge is -2.14. The third kappa shape index (κ3) is 7.55. The van der Waals surface area contributed by atoms with Crippen molar-refractivity contribution in [3.8, 4) is 100 Å². The Balaban J connectivity index is 0.915. The van der Waals surface area contributed by atoms with Gasteiger partial charge in [-0.3, -0.25) is 0 Å². The van der Waals surface area contributed by atoms with Crippen LogP contribution in [-0.4, -0.2) is 15.0 Å². The predicted molar refractivity (Wildman–Crippen MR) is 291 cm³/mol. The Hall–Kier alpha value is -9.03. The molecular weight excluding hydrogens is 871 g/mol. The van der Waals surface area contributed by atoms with Crippen molar-refractivity contribution in [2.75, 3.05) is 0 Å². The molecule has 0 unspecified atom stereocenters. The molecule has 9 aromatic carbocycles. The first-order valence-corrected chi connectivity index (χ1v) is 24.3. The Morgan fingerprint density at radius 2 is 0.700 bits per heavy atom. The summed E-state index contributed by atoms with van der Waals surface area (Å²) in [5.74, 6) is 0. The van der Waals surface area contributed by atoms with E-state index in [1.807, 2.05) is 36.4 Å². The molecule has 0 aliphatic carbocycles. The monoisotopic (exact) mass is 911 g/mol. The molecule has 328 valence electrons. The van der Waals surface area contributed by atoms with Crippen LogP contribution in [0, 0.1) is 0 Å². The number of thiazole rings is 1.